The van der Waals surface area contributed by atoms with Crippen molar-refractivity contribution in [2.24, 2.45) is 0 Å². The van der Waals surface area contributed by atoms with Crippen LogP contribution in [0.4, 0.5) is 0 Å². The monoisotopic (exact) mass is 585 g/mol. The van der Waals surface area contributed by atoms with E-state index in [1.165, 1.54) is 19.3 Å². The Morgan fingerprint density at radius 2 is 1.81 bits per heavy atom. The molecule has 2 aromatic carbocycles. The van der Waals surface area contributed by atoms with Crippen LogP contribution in [0.3, 0.4) is 0 Å². The molecule has 12 nitrogen and oxygen atoms in total. The molecule has 0 saturated carbocycles. The zero-order chi connectivity index (χ0) is 30.9. The molecule has 1 unspecified atom stereocenters. The molecule has 12 heteroatoms. The van der Waals surface area contributed by atoms with Crippen molar-refractivity contribution in [1.82, 2.24) is 10.2 Å². The number of methoxy groups -OCH3 is 1. The van der Waals surface area contributed by atoms with E-state index in [1.807, 2.05) is 25.7 Å². The van der Waals surface area contributed by atoms with Crippen LogP contribution >= 0.6 is 0 Å². The summed E-state index contributed by atoms with van der Waals surface area (Å²) in [6.45, 7) is 7.31. The fourth-order valence-electron chi connectivity index (χ4n) is 4.01. The molecule has 0 aliphatic heterocycles. The quantitative estimate of drug-likeness (QED) is 0.0668. The van der Waals surface area contributed by atoms with Crippen LogP contribution in [0.5, 0.6) is 11.5 Å². The molecular formula is C30H39N3O9. The Labute approximate surface area is 245 Å². The topological polar surface area (TPSA) is 147 Å². The third-order valence-corrected chi connectivity index (χ3v) is 6.28. The third kappa shape index (κ3) is 11.2. The van der Waals surface area contributed by atoms with Crippen molar-refractivity contribution in [1.29, 1.82) is 0 Å². The first kappa shape index (κ1) is 33.8. The van der Waals surface area contributed by atoms with Crippen LogP contribution in [0, 0.1) is 10.1 Å². The second kappa shape index (κ2) is 18.1. The Hall–Kier alpha value is -4.45. The van der Waals surface area contributed by atoms with E-state index in [2.05, 4.69) is 10.2 Å². The van der Waals surface area contributed by atoms with Gasteiger partial charge in [0.05, 0.1) is 19.2 Å². The van der Waals surface area contributed by atoms with Gasteiger partial charge < -0.3 is 24.4 Å². The first-order chi connectivity index (χ1) is 20.2. The molecule has 1 atom stereocenters. The van der Waals surface area contributed by atoms with Crippen LogP contribution in [0.2, 0.25) is 0 Å². The molecule has 42 heavy (non-hydrogen) atoms. The average Bonchev–Trinajstić information content (AvgIpc) is 2.99. The van der Waals surface area contributed by atoms with Crippen LogP contribution < -0.4 is 14.8 Å². The molecule has 2 aromatic rings. The van der Waals surface area contributed by atoms with E-state index in [0.717, 1.165) is 25.9 Å². The highest BCUT2D eigenvalue weighted by atomic mass is 16.9. The molecule has 0 saturated heterocycles. The summed E-state index contributed by atoms with van der Waals surface area (Å²) in [4.78, 5) is 54.3. The number of rotatable bonds is 18. The van der Waals surface area contributed by atoms with Crippen molar-refractivity contribution in [2.75, 3.05) is 39.9 Å². The highest BCUT2D eigenvalue weighted by Crippen LogP contribution is 2.32. The Kier molecular flexibility index (Phi) is 14.5. The van der Waals surface area contributed by atoms with E-state index >= 15 is 0 Å². The smallest absolute Gasteiger partial charge is 0.344 e. The van der Waals surface area contributed by atoms with Gasteiger partial charge in [-0.2, -0.15) is 0 Å². The number of carbonyl (C=O) groups excluding carboxylic acids is 3. The highest BCUT2D eigenvalue weighted by Gasteiger charge is 2.24. The van der Waals surface area contributed by atoms with Gasteiger partial charge in [-0.15, -0.1) is 10.1 Å². The number of esters is 2. The number of likely N-dealkylation sites (N-methyl/N-ethyl adjacent to an activating group) is 1. The number of hydrogen-bond acceptors (Lipinski definition) is 10. The van der Waals surface area contributed by atoms with Crippen LogP contribution in [-0.4, -0.2) is 67.7 Å². The number of amides is 1. The van der Waals surface area contributed by atoms with Gasteiger partial charge >= 0.3 is 11.9 Å². The van der Waals surface area contributed by atoms with Crippen LogP contribution in [-0.2, 0) is 19.2 Å². The summed E-state index contributed by atoms with van der Waals surface area (Å²) in [5.41, 5.74) is 1.43. The fourth-order valence-corrected chi connectivity index (χ4v) is 4.01. The Balaban J connectivity index is 2.18. The molecule has 2 rings (SSSR count). The largest absolute Gasteiger partial charge is 0.493 e. The lowest BCUT2D eigenvalue weighted by molar-refractivity contribution is -0.757. The van der Waals surface area contributed by atoms with Gasteiger partial charge in [-0.3, -0.25) is 14.5 Å². The zero-order valence-corrected chi connectivity index (χ0v) is 24.5. The Bertz CT molecular complexity index is 1230. The predicted molar refractivity (Wildman–Crippen MR) is 156 cm³/mol. The standard InChI is InChI=1S/C30H39N3O9/c1-5-8-13-25(41-29(35)21-32(6-2)7-3)23-11-9-10-12-24(23)30(36)42-26-16-14-22(20-27(26)39-4)15-17-28(34)31-18-19-40-33(37)38/h9-12,14-17,20,25H,5-8,13,18-19,21H2,1-4H3,(H,31,34)/b17-15+. The predicted octanol–water partition coefficient (Wildman–Crippen LogP) is 4.37. The Morgan fingerprint density at radius 1 is 1.07 bits per heavy atom. The van der Waals surface area contributed by atoms with Crippen molar-refractivity contribution in [2.45, 2.75) is 46.1 Å². The SMILES string of the molecule is CCCCC(OC(=O)CN(CC)CC)c1ccccc1C(=O)Oc1ccc(/C=C/C(=O)NCCO[N+](=O)[O-])cc1OC. The lowest BCUT2D eigenvalue weighted by Gasteiger charge is -2.23. The van der Waals surface area contributed by atoms with Crippen molar-refractivity contribution < 1.29 is 38.5 Å². The second-order valence-electron chi connectivity index (χ2n) is 9.15. The first-order valence-electron chi connectivity index (χ1n) is 13.9. The minimum Gasteiger partial charge on any atom is -0.493 e. The summed E-state index contributed by atoms with van der Waals surface area (Å²) in [5, 5.41) is 11.7. The maximum absolute atomic E-state index is 13.4. The van der Waals surface area contributed by atoms with E-state index in [1.54, 1.807) is 42.5 Å². The summed E-state index contributed by atoms with van der Waals surface area (Å²) in [5.74, 6) is -1.03. The molecule has 0 aromatic heterocycles. The lowest BCUT2D eigenvalue weighted by atomic mass is 9.98. The minimum atomic E-state index is -0.935. The lowest BCUT2D eigenvalue weighted by Crippen LogP contribution is -2.31. The van der Waals surface area contributed by atoms with E-state index in [-0.39, 0.29) is 42.7 Å². The van der Waals surface area contributed by atoms with Crippen molar-refractivity contribution >= 4 is 23.9 Å². The number of nitrogens with zero attached hydrogens (tertiary/aromatic N) is 2. The van der Waals surface area contributed by atoms with Gasteiger partial charge in [-0.1, -0.05) is 51.5 Å². The number of carbonyl (C=O) groups is 3. The molecule has 0 spiro atoms. The van der Waals surface area contributed by atoms with E-state index in [0.29, 0.717) is 17.5 Å². The summed E-state index contributed by atoms with van der Waals surface area (Å²) in [7, 11) is 1.42. The summed E-state index contributed by atoms with van der Waals surface area (Å²) < 4.78 is 17.0. The molecule has 0 fully saturated rings. The molecule has 228 valence electrons. The maximum atomic E-state index is 13.4. The van der Waals surface area contributed by atoms with Gasteiger partial charge in [0.1, 0.15) is 12.7 Å². The second-order valence-corrected chi connectivity index (χ2v) is 9.15. The van der Waals surface area contributed by atoms with Crippen LogP contribution in [0.15, 0.2) is 48.5 Å². The normalized spacial score (nSPS) is 11.6. The van der Waals surface area contributed by atoms with Gasteiger partial charge in [0.15, 0.2) is 11.5 Å². The van der Waals surface area contributed by atoms with Crippen molar-refractivity contribution in [3.8, 4) is 11.5 Å². The maximum Gasteiger partial charge on any atom is 0.344 e. The summed E-state index contributed by atoms with van der Waals surface area (Å²) in [6, 6.07) is 11.7. The number of benzene rings is 2. The van der Waals surface area contributed by atoms with Crippen LogP contribution in [0.1, 0.15) is 67.6 Å². The molecule has 1 amide bonds. The average molecular weight is 586 g/mol. The Morgan fingerprint density at radius 3 is 2.48 bits per heavy atom. The fraction of sp³-hybridized carbons (Fsp3) is 0.433. The molecule has 0 bridgehead atoms. The van der Waals surface area contributed by atoms with E-state index in [4.69, 9.17) is 14.2 Å². The van der Waals surface area contributed by atoms with Crippen molar-refractivity contribution in [3.63, 3.8) is 0 Å². The summed E-state index contributed by atoms with van der Waals surface area (Å²) in [6.07, 6.45) is 4.42. The molecule has 0 heterocycles. The highest BCUT2D eigenvalue weighted by molar-refractivity contribution is 5.93. The van der Waals surface area contributed by atoms with Gasteiger partial charge in [0, 0.05) is 18.2 Å². The molecule has 0 aliphatic rings. The number of unbranched alkanes of at least 4 members (excludes halogenated alkanes) is 1. The van der Waals surface area contributed by atoms with Gasteiger partial charge in [0.25, 0.3) is 5.09 Å². The van der Waals surface area contributed by atoms with Crippen molar-refractivity contribution in [3.05, 3.63) is 75.3 Å². The molecule has 0 radical (unpaired) electrons. The van der Waals surface area contributed by atoms with E-state index < -0.39 is 23.1 Å². The number of hydrogen-bond donors (Lipinski definition) is 1. The van der Waals surface area contributed by atoms with Gasteiger partial charge in [-0.25, -0.2) is 4.79 Å². The zero-order valence-electron chi connectivity index (χ0n) is 24.5. The van der Waals surface area contributed by atoms with Gasteiger partial charge in [0.2, 0.25) is 5.91 Å². The first-order valence-corrected chi connectivity index (χ1v) is 13.9. The number of ether oxygens (including phenoxy) is 3. The van der Waals surface area contributed by atoms with Gasteiger partial charge in [-0.05, 0) is 55.8 Å². The third-order valence-electron chi connectivity index (χ3n) is 6.28. The van der Waals surface area contributed by atoms with E-state index in [9.17, 15) is 24.5 Å². The minimum absolute atomic E-state index is 0.0295. The summed E-state index contributed by atoms with van der Waals surface area (Å²) >= 11 is 0. The van der Waals surface area contributed by atoms with Crippen LogP contribution in [0.25, 0.3) is 6.08 Å². The molecule has 0 aliphatic carbocycles. The molecule has 1 N–H and O–H groups in total. The molecular weight excluding hydrogens is 546 g/mol. The number of nitrogens with one attached hydrogen (secondary N) is 1.